The van der Waals surface area contributed by atoms with Gasteiger partial charge in [0.05, 0.1) is 17.4 Å². The fourth-order valence-electron chi connectivity index (χ4n) is 4.58. The number of nitrogens with zero attached hydrogens (tertiary/aromatic N) is 2. The molecular weight excluding hydrogens is 464 g/mol. The van der Waals surface area contributed by atoms with Crippen LogP contribution in [0.1, 0.15) is 67.3 Å². The van der Waals surface area contributed by atoms with Crippen molar-refractivity contribution in [3.8, 4) is 5.75 Å². The maximum absolute atomic E-state index is 13.6. The lowest BCUT2D eigenvalue weighted by Gasteiger charge is -2.19. The van der Waals surface area contributed by atoms with Crippen molar-refractivity contribution in [2.75, 3.05) is 0 Å². The molecule has 1 N–H and O–H groups in total. The van der Waals surface area contributed by atoms with Gasteiger partial charge in [-0.1, -0.05) is 80.8 Å². The van der Waals surface area contributed by atoms with E-state index in [4.69, 9.17) is 9.72 Å². The summed E-state index contributed by atoms with van der Waals surface area (Å²) in [5, 5.41) is 10.5. The third-order valence-electron chi connectivity index (χ3n) is 6.50. The first kappa shape index (κ1) is 26.1. The molecule has 3 aromatic carbocycles. The van der Waals surface area contributed by atoms with Gasteiger partial charge in [-0.3, -0.25) is 9.36 Å². The second-order valence-corrected chi connectivity index (χ2v) is 9.48. The lowest BCUT2D eigenvalue weighted by Crippen LogP contribution is -2.26. The lowest BCUT2D eigenvalue weighted by atomic mass is 10.0. The van der Waals surface area contributed by atoms with Gasteiger partial charge in [0.1, 0.15) is 11.6 Å². The molecule has 0 saturated heterocycles. The van der Waals surface area contributed by atoms with Crippen LogP contribution in [0.25, 0.3) is 10.9 Å². The minimum atomic E-state index is -1.10. The van der Waals surface area contributed by atoms with Crippen molar-refractivity contribution in [2.45, 2.75) is 65.5 Å². The van der Waals surface area contributed by atoms with E-state index in [-0.39, 0.29) is 5.56 Å². The average molecular weight is 499 g/mol. The third kappa shape index (κ3) is 6.08. The quantitative estimate of drug-likeness (QED) is 0.264. The number of benzene rings is 3. The van der Waals surface area contributed by atoms with Crippen LogP contribution in [0.4, 0.5) is 0 Å². The van der Waals surface area contributed by atoms with E-state index >= 15 is 0 Å². The average Bonchev–Trinajstić information content (AvgIpc) is 2.89. The van der Waals surface area contributed by atoms with E-state index in [1.807, 2.05) is 49.4 Å². The van der Waals surface area contributed by atoms with Gasteiger partial charge in [-0.2, -0.15) is 0 Å². The van der Waals surface area contributed by atoms with Crippen LogP contribution in [0, 0.1) is 6.92 Å². The highest BCUT2D eigenvalue weighted by atomic mass is 16.5. The number of aryl methyl sites for hydroxylation is 3. The minimum absolute atomic E-state index is 0.0350. The highest BCUT2D eigenvalue weighted by Gasteiger charge is 2.23. The Balaban J connectivity index is 1.71. The van der Waals surface area contributed by atoms with Crippen molar-refractivity contribution in [3.63, 3.8) is 0 Å². The number of hydrogen-bond acceptors (Lipinski definition) is 4. The molecule has 0 saturated carbocycles. The minimum Gasteiger partial charge on any atom is -0.478 e. The molecule has 1 atom stereocenters. The molecule has 1 aromatic heterocycles. The molecule has 1 unspecified atom stereocenters. The number of aliphatic carboxylic acids is 1. The number of hydrogen-bond donors (Lipinski definition) is 1. The molecule has 0 aliphatic heterocycles. The van der Waals surface area contributed by atoms with E-state index in [0.29, 0.717) is 23.2 Å². The van der Waals surface area contributed by atoms with E-state index in [2.05, 4.69) is 13.8 Å². The summed E-state index contributed by atoms with van der Waals surface area (Å²) in [5.74, 6) is 0.297. The van der Waals surface area contributed by atoms with E-state index in [9.17, 15) is 14.7 Å². The van der Waals surface area contributed by atoms with Crippen LogP contribution in [0.3, 0.4) is 0 Å². The van der Waals surface area contributed by atoms with Crippen LogP contribution in [0.15, 0.2) is 71.5 Å². The number of unbranched alkanes of at least 4 members (excludes halogenated alkanes) is 1. The van der Waals surface area contributed by atoms with Crippen molar-refractivity contribution < 1.29 is 14.6 Å². The highest BCUT2D eigenvalue weighted by Crippen LogP contribution is 2.28. The first-order valence-corrected chi connectivity index (χ1v) is 13.0. The second kappa shape index (κ2) is 11.9. The Kier molecular flexibility index (Phi) is 8.39. The van der Waals surface area contributed by atoms with Gasteiger partial charge in [0.2, 0.25) is 6.10 Å². The summed E-state index contributed by atoms with van der Waals surface area (Å²) in [4.78, 5) is 30.4. The van der Waals surface area contributed by atoms with Gasteiger partial charge in [-0.05, 0) is 49.1 Å². The van der Waals surface area contributed by atoms with Crippen molar-refractivity contribution in [1.29, 1.82) is 0 Å². The zero-order valence-corrected chi connectivity index (χ0v) is 21.7. The van der Waals surface area contributed by atoms with Crippen LogP contribution in [0.5, 0.6) is 5.75 Å². The summed E-state index contributed by atoms with van der Waals surface area (Å²) in [5.41, 5.74) is 4.19. The van der Waals surface area contributed by atoms with E-state index < -0.39 is 12.1 Å². The molecular formula is C31H34N2O4. The Morgan fingerprint density at radius 1 is 1.00 bits per heavy atom. The Hall–Kier alpha value is -3.93. The molecule has 0 spiro atoms. The van der Waals surface area contributed by atoms with Crippen molar-refractivity contribution >= 4 is 16.9 Å². The number of aromatic nitrogens is 2. The molecule has 0 bridgehead atoms. The number of carboxylic acid groups (broad SMARTS) is 1. The van der Waals surface area contributed by atoms with Crippen molar-refractivity contribution in [3.05, 3.63) is 105 Å². The molecule has 192 valence electrons. The van der Waals surface area contributed by atoms with Gasteiger partial charge in [-0.25, -0.2) is 9.78 Å². The fraction of sp³-hybridized carbons (Fsp3) is 0.323. The molecule has 6 heteroatoms. The largest absolute Gasteiger partial charge is 0.478 e. The fourth-order valence-corrected chi connectivity index (χ4v) is 4.58. The van der Waals surface area contributed by atoms with Crippen molar-refractivity contribution in [1.82, 2.24) is 9.55 Å². The Morgan fingerprint density at radius 2 is 1.78 bits per heavy atom. The molecule has 0 amide bonds. The van der Waals surface area contributed by atoms with Gasteiger partial charge in [-0.15, -0.1) is 0 Å². The Labute approximate surface area is 217 Å². The first-order chi connectivity index (χ1) is 17.9. The molecule has 4 rings (SSSR count). The molecule has 1 heterocycles. The summed E-state index contributed by atoms with van der Waals surface area (Å²) < 4.78 is 7.83. The van der Waals surface area contributed by atoms with E-state index in [0.717, 1.165) is 60.1 Å². The molecule has 0 fully saturated rings. The van der Waals surface area contributed by atoms with Gasteiger partial charge in [0.25, 0.3) is 5.56 Å². The van der Waals surface area contributed by atoms with Crippen LogP contribution in [-0.4, -0.2) is 20.6 Å². The Bertz CT molecular complexity index is 1440. The number of rotatable bonds is 11. The standard InChI is InChI=1S/C31H34N2O4/c1-4-6-13-28-32-26-16-14-21(3)18-25(26)30(34)33(28)20-22-15-17-27(24(19-22)10-5-2)37-29(31(35)36)23-11-8-7-9-12-23/h7-9,11-12,14-19,29H,4-6,10,13,20H2,1-3H3,(H,35,36). The maximum atomic E-state index is 13.6. The van der Waals surface area contributed by atoms with E-state index in [1.165, 1.54) is 0 Å². The van der Waals surface area contributed by atoms with Crippen LogP contribution in [0.2, 0.25) is 0 Å². The zero-order chi connectivity index (χ0) is 26.4. The van der Waals surface area contributed by atoms with E-state index in [1.54, 1.807) is 28.8 Å². The molecule has 6 nitrogen and oxygen atoms in total. The number of carbonyl (C=O) groups is 1. The molecule has 4 aromatic rings. The maximum Gasteiger partial charge on any atom is 0.349 e. The SMILES string of the molecule is CCCCc1nc2ccc(C)cc2c(=O)n1Cc1ccc(OC(C(=O)O)c2ccccc2)c(CCC)c1. The number of carboxylic acids is 1. The number of fused-ring (bicyclic) bond motifs is 1. The summed E-state index contributed by atoms with van der Waals surface area (Å²) in [6.45, 7) is 6.57. The van der Waals surface area contributed by atoms with Gasteiger partial charge in [0.15, 0.2) is 0 Å². The first-order valence-electron chi connectivity index (χ1n) is 13.0. The predicted molar refractivity (Wildman–Crippen MR) is 146 cm³/mol. The molecule has 0 aliphatic carbocycles. The smallest absolute Gasteiger partial charge is 0.349 e. The number of ether oxygens (including phenoxy) is 1. The molecule has 37 heavy (non-hydrogen) atoms. The second-order valence-electron chi connectivity index (χ2n) is 9.48. The predicted octanol–water partition coefficient (Wildman–Crippen LogP) is 6.25. The monoisotopic (exact) mass is 498 g/mol. The highest BCUT2D eigenvalue weighted by molar-refractivity contribution is 5.78. The van der Waals surface area contributed by atoms with Gasteiger partial charge in [0, 0.05) is 12.0 Å². The summed E-state index contributed by atoms with van der Waals surface area (Å²) in [6.07, 6.45) is 3.21. The summed E-state index contributed by atoms with van der Waals surface area (Å²) in [7, 11) is 0. The van der Waals surface area contributed by atoms with Gasteiger partial charge >= 0.3 is 5.97 Å². The normalized spacial score (nSPS) is 12.0. The topological polar surface area (TPSA) is 81.4 Å². The summed E-state index contributed by atoms with van der Waals surface area (Å²) in [6, 6.07) is 20.5. The van der Waals surface area contributed by atoms with Gasteiger partial charge < -0.3 is 9.84 Å². The van der Waals surface area contributed by atoms with Crippen LogP contribution < -0.4 is 10.3 Å². The lowest BCUT2D eigenvalue weighted by molar-refractivity contribution is -0.145. The zero-order valence-electron chi connectivity index (χ0n) is 21.7. The van der Waals surface area contributed by atoms with Crippen molar-refractivity contribution in [2.24, 2.45) is 0 Å². The third-order valence-corrected chi connectivity index (χ3v) is 6.50. The molecule has 0 radical (unpaired) electrons. The van der Waals surface area contributed by atoms with Crippen LogP contribution in [-0.2, 0) is 24.2 Å². The molecule has 0 aliphatic rings. The summed E-state index contributed by atoms with van der Waals surface area (Å²) >= 11 is 0. The van der Waals surface area contributed by atoms with Crippen LogP contribution >= 0.6 is 0 Å². The Morgan fingerprint density at radius 3 is 2.49 bits per heavy atom.